The Labute approximate surface area is 198 Å². The van der Waals surface area contributed by atoms with Gasteiger partial charge in [-0.3, -0.25) is 14.2 Å². The lowest BCUT2D eigenvalue weighted by Crippen LogP contribution is -2.40. The second-order valence-corrected chi connectivity index (χ2v) is 9.79. The minimum Gasteiger partial charge on any atom is -0.294 e. The number of ketones is 1. The van der Waals surface area contributed by atoms with E-state index in [0.717, 1.165) is 40.4 Å². The van der Waals surface area contributed by atoms with Gasteiger partial charge >= 0.3 is 0 Å². The molecule has 1 aliphatic heterocycles. The summed E-state index contributed by atoms with van der Waals surface area (Å²) >= 11 is 7.50. The van der Waals surface area contributed by atoms with E-state index in [1.54, 1.807) is 16.7 Å². The largest absolute Gasteiger partial charge is 0.294 e. The molecule has 0 saturated carbocycles. The normalized spacial score (nSPS) is 18.3. The van der Waals surface area contributed by atoms with Crippen LogP contribution in [0.25, 0.3) is 16.8 Å². The van der Waals surface area contributed by atoms with E-state index in [0.29, 0.717) is 26.4 Å². The van der Waals surface area contributed by atoms with Crippen LogP contribution < -0.4 is 14.9 Å². The average molecular weight is 471 g/mol. The Balaban J connectivity index is 1.61. The summed E-state index contributed by atoms with van der Waals surface area (Å²) < 4.78 is 2.30. The molecule has 2 heterocycles. The number of rotatable bonds is 2. The summed E-state index contributed by atoms with van der Waals surface area (Å²) in [5, 5.41) is 2.83. The molecule has 4 aromatic rings. The molecule has 1 aliphatic carbocycles. The van der Waals surface area contributed by atoms with Crippen LogP contribution in [0, 0.1) is 0 Å². The number of benzene rings is 3. The average Bonchev–Trinajstić information content (AvgIpc) is 3.13. The van der Waals surface area contributed by atoms with E-state index in [-0.39, 0.29) is 11.3 Å². The molecule has 0 radical (unpaired) electrons. The highest BCUT2D eigenvalue weighted by molar-refractivity contribution is 7.07. The van der Waals surface area contributed by atoms with Crippen molar-refractivity contribution < 1.29 is 4.79 Å². The first-order chi connectivity index (χ1) is 16.1. The number of carbonyl (C=O) groups excluding carboxylic acids is 1. The molecule has 162 valence electrons. The molecule has 33 heavy (non-hydrogen) atoms. The van der Waals surface area contributed by atoms with E-state index in [4.69, 9.17) is 16.6 Å². The molecule has 0 amide bonds. The lowest BCUT2D eigenvalue weighted by molar-refractivity contribution is -0.116. The first kappa shape index (κ1) is 20.3. The van der Waals surface area contributed by atoms with Gasteiger partial charge in [0.2, 0.25) is 0 Å². The standard InChI is InChI=1S/C27H19ClN2O2S/c28-19-13-11-17(12-14-19)25-24-21(9-4-10-22(24)31)29-27-30(25)26(32)23(33-27)15-18-7-3-6-16-5-1-2-8-20(16)18/h1-3,5-8,11-15,25H,4,9-10H2. The minimum absolute atomic E-state index is 0.0725. The van der Waals surface area contributed by atoms with Crippen molar-refractivity contribution in [1.29, 1.82) is 0 Å². The van der Waals surface area contributed by atoms with Gasteiger partial charge in [-0.15, -0.1) is 0 Å². The SMILES string of the molecule is O=C1CCCC2=C1C(c1ccc(Cl)cc1)n1c(sc(=Cc3cccc4ccccc34)c1=O)=N2. The Morgan fingerprint density at radius 3 is 2.61 bits per heavy atom. The lowest BCUT2D eigenvalue weighted by Gasteiger charge is -2.28. The summed E-state index contributed by atoms with van der Waals surface area (Å²) in [5.74, 6) is 0.0725. The van der Waals surface area contributed by atoms with Crippen LogP contribution in [0.3, 0.4) is 0 Å². The summed E-state index contributed by atoms with van der Waals surface area (Å²) in [6, 6.07) is 21.1. The van der Waals surface area contributed by atoms with Crippen LogP contribution in [0.2, 0.25) is 5.02 Å². The summed E-state index contributed by atoms with van der Waals surface area (Å²) in [6.45, 7) is 0. The van der Waals surface area contributed by atoms with Crippen LogP contribution in [0.1, 0.15) is 36.4 Å². The quantitative estimate of drug-likeness (QED) is 0.423. The van der Waals surface area contributed by atoms with E-state index < -0.39 is 6.04 Å². The molecule has 0 spiro atoms. The predicted octanol–water partition coefficient (Wildman–Crippen LogP) is 4.77. The molecule has 6 heteroatoms. The van der Waals surface area contributed by atoms with Crippen molar-refractivity contribution in [1.82, 2.24) is 4.57 Å². The van der Waals surface area contributed by atoms with Crippen molar-refractivity contribution in [2.75, 3.05) is 0 Å². The zero-order valence-electron chi connectivity index (χ0n) is 17.6. The van der Waals surface area contributed by atoms with E-state index in [1.807, 2.05) is 42.5 Å². The van der Waals surface area contributed by atoms with Crippen molar-refractivity contribution in [3.63, 3.8) is 0 Å². The molecule has 0 fully saturated rings. The Morgan fingerprint density at radius 2 is 1.76 bits per heavy atom. The number of nitrogens with zero attached hydrogens (tertiary/aromatic N) is 2. The third kappa shape index (κ3) is 3.39. The van der Waals surface area contributed by atoms with Gasteiger partial charge in [0.25, 0.3) is 5.56 Å². The van der Waals surface area contributed by atoms with Crippen LogP contribution in [-0.4, -0.2) is 10.4 Å². The number of aromatic nitrogens is 1. The fourth-order valence-corrected chi connectivity index (χ4v) is 5.93. The second-order valence-electron chi connectivity index (χ2n) is 8.34. The van der Waals surface area contributed by atoms with Crippen LogP contribution in [0.5, 0.6) is 0 Å². The Kier molecular flexibility index (Phi) is 4.89. The maximum Gasteiger partial charge on any atom is 0.271 e. The summed E-state index contributed by atoms with van der Waals surface area (Å²) in [7, 11) is 0. The fraction of sp³-hybridized carbons (Fsp3) is 0.148. The smallest absolute Gasteiger partial charge is 0.271 e. The summed E-state index contributed by atoms with van der Waals surface area (Å²) in [5.41, 5.74) is 3.18. The molecule has 0 N–H and O–H groups in total. The van der Waals surface area contributed by atoms with E-state index in [2.05, 4.69) is 18.2 Å². The molecule has 4 nitrogen and oxygen atoms in total. The first-order valence-corrected chi connectivity index (χ1v) is 12.1. The van der Waals surface area contributed by atoms with Gasteiger partial charge in [-0.05, 0) is 52.9 Å². The number of halogens is 1. The number of Topliss-reactive ketones (excluding diaryl/α,β-unsaturated/α-hetero) is 1. The molecule has 2 aliphatic rings. The number of hydrogen-bond acceptors (Lipinski definition) is 4. The molecule has 1 aromatic heterocycles. The van der Waals surface area contributed by atoms with Crippen molar-refractivity contribution in [3.05, 3.63) is 114 Å². The Morgan fingerprint density at radius 1 is 0.970 bits per heavy atom. The third-order valence-corrected chi connectivity index (χ3v) is 7.56. The highest BCUT2D eigenvalue weighted by atomic mass is 35.5. The Bertz CT molecular complexity index is 1640. The van der Waals surface area contributed by atoms with Crippen molar-refractivity contribution >= 4 is 45.6 Å². The Hall–Kier alpha value is -3.28. The van der Waals surface area contributed by atoms with Gasteiger partial charge in [-0.2, -0.15) is 0 Å². The highest BCUT2D eigenvalue weighted by Crippen LogP contribution is 2.36. The van der Waals surface area contributed by atoms with Crippen molar-refractivity contribution in [3.8, 4) is 0 Å². The number of thiazole rings is 1. The molecule has 0 saturated heterocycles. The van der Waals surface area contributed by atoms with Crippen LogP contribution >= 0.6 is 22.9 Å². The highest BCUT2D eigenvalue weighted by Gasteiger charge is 2.34. The molecule has 3 aromatic carbocycles. The van der Waals surface area contributed by atoms with Crippen LogP contribution in [0.15, 0.2) is 87.8 Å². The summed E-state index contributed by atoms with van der Waals surface area (Å²) in [4.78, 5) is 32.1. The zero-order chi connectivity index (χ0) is 22.5. The minimum atomic E-state index is -0.476. The van der Waals surface area contributed by atoms with Gasteiger partial charge in [0.1, 0.15) is 0 Å². The molecular formula is C27H19ClN2O2S. The van der Waals surface area contributed by atoms with Gasteiger partial charge in [0.05, 0.1) is 16.3 Å². The molecular weight excluding hydrogens is 452 g/mol. The van der Waals surface area contributed by atoms with E-state index in [9.17, 15) is 9.59 Å². The maximum absolute atomic E-state index is 13.7. The van der Waals surface area contributed by atoms with Gasteiger partial charge in [0.15, 0.2) is 10.6 Å². The zero-order valence-corrected chi connectivity index (χ0v) is 19.2. The van der Waals surface area contributed by atoms with Crippen LogP contribution in [-0.2, 0) is 4.79 Å². The lowest BCUT2D eigenvalue weighted by atomic mass is 9.86. The monoisotopic (exact) mass is 470 g/mol. The van der Waals surface area contributed by atoms with Crippen molar-refractivity contribution in [2.24, 2.45) is 4.99 Å². The fourth-order valence-electron chi connectivity index (χ4n) is 4.79. The number of carbonyl (C=O) groups is 1. The van der Waals surface area contributed by atoms with Gasteiger partial charge < -0.3 is 0 Å². The van der Waals surface area contributed by atoms with Gasteiger partial charge in [0, 0.05) is 17.0 Å². The topological polar surface area (TPSA) is 51.4 Å². The van der Waals surface area contributed by atoms with Crippen LogP contribution in [0.4, 0.5) is 0 Å². The third-order valence-electron chi connectivity index (χ3n) is 6.32. The maximum atomic E-state index is 13.7. The number of hydrogen-bond donors (Lipinski definition) is 0. The molecule has 1 atom stereocenters. The predicted molar refractivity (Wildman–Crippen MR) is 132 cm³/mol. The second kappa shape index (κ2) is 7.94. The van der Waals surface area contributed by atoms with E-state index in [1.165, 1.54) is 11.3 Å². The first-order valence-electron chi connectivity index (χ1n) is 10.9. The van der Waals surface area contributed by atoms with E-state index >= 15 is 0 Å². The van der Waals surface area contributed by atoms with Gasteiger partial charge in [-0.1, -0.05) is 77.5 Å². The number of fused-ring (bicyclic) bond motifs is 2. The molecule has 6 rings (SSSR count). The molecule has 0 bridgehead atoms. The number of allylic oxidation sites excluding steroid dienone is 2. The van der Waals surface area contributed by atoms with Crippen molar-refractivity contribution in [2.45, 2.75) is 25.3 Å². The summed E-state index contributed by atoms with van der Waals surface area (Å²) in [6.07, 6.45) is 3.97. The molecule has 1 unspecified atom stereocenters. The van der Waals surface area contributed by atoms with Gasteiger partial charge in [-0.25, -0.2) is 4.99 Å².